The molecule has 3 rings (SSSR count). The number of halogens is 1. The summed E-state index contributed by atoms with van der Waals surface area (Å²) in [6.45, 7) is 0. The van der Waals surface area contributed by atoms with E-state index in [0.717, 1.165) is 27.1 Å². The zero-order valence-corrected chi connectivity index (χ0v) is 13.5. The Kier molecular flexibility index (Phi) is 3.94. The zero-order valence-electron chi connectivity index (χ0n) is 11.9. The number of anilines is 2. The maximum atomic E-state index is 8.83. The second kappa shape index (κ2) is 6.04. The predicted octanol–water partition coefficient (Wildman–Crippen LogP) is 4.46. The van der Waals surface area contributed by atoms with E-state index < -0.39 is 0 Å². The largest absolute Gasteiger partial charge is 0.356 e. The van der Waals surface area contributed by atoms with Crippen molar-refractivity contribution < 1.29 is 0 Å². The summed E-state index contributed by atoms with van der Waals surface area (Å²) in [7, 11) is 1.92. The zero-order chi connectivity index (χ0) is 15.5. The SMILES string of the molecule is Cn1ncc(Br)c1-c1cccc(Nc2ccc(C#N)cc2)c1. The van der Waals surface area contributed by atoms with Crippen molar-refractivity contribution in [3.8, 4) is 17.3 Å². The number of nitriles is 1. The molecule has 0 saturated heterocycles. The molecule has 4 nitrogen and oxygen atoms in total. The Balaban J connectivity index is 1.90. The van der Waals surface area contributed by atoms with Gasteiger partial charge in [0.25, 0.3) is 0 Å². The van der Waals surface area contributed by atoms with Crippen LogP contribution < -0.4 is 5.32 Å². The number of rotatable bonds is 3. The molecule has 0 saturated carbocycles. The van der Waals surface area contributed by atoms with Crippen molar-refractivity contribution >= 4 is 27.3 Å². The lowest BCUT2D eigenvalue weighted by molar-refractivity contribution is 0.776. The van der Waals surface area contributed by atoms with Gasteiger partial charge in [0.1, 0.15) is 0 Å². The van der Waals surface area contributed by atoms with Crippen LogP contribution in [0.1, 0.15) is 5.56 Å². The minimum atomic E-state index is 0.651. The Morgan fingerprint density at radius 3 is 2.55 bits per heavy atom. The van der Waals surface area contributed by atoms with Crippen LogP contribution in [0.4, 0.5) is 11.4 Å². The molecule has 0 aliphatic heterocycles. The van der Waals surface area contributed by atoms with E-state index in [1.165, 1.54) is 0 Å². The fraction of sp³-hybridized carbons (Fsp3) is 0.0588. The number of hydrogen-bond donors (Lipinski definition) is 1. The Labute approximate surface area is 137 Å². The van der Waals surface area contributed by atoms with E-state index in [9.17, 15) is 0 Å². The fourth-order valence-electron chi connectivity index (χ4n) is 2.27. The van der Waals surface area contributed by atoms with Crippen molar-refractivity contribution in [2.75, 3.05) is 5.32 Å². The molecule has 1 N–H and O–H groups in total. The Morgan fingerprint density at radius 1 is 1.14 bits per heavy atom. The number of benzene rings is 2. The van der Waals surface area contributed by atoms with Gasteiger partial charge in [-0.1, -0.05) is 12.1 Å². The predicted molar refractivity (Wildman–Crippen MR) is 90.8 cm³/mol. The smallest absolute Gasteiger partial charge is 0.0991 e. The molecule has 0 radical (unpaired) electrons. The molecule has 1 aromatic heterocycles. The van der Waals surface area contributed by atoms with Gasteiger partial charge < -0.3 is 5.32 Å². The van der Waals surface area contributed by atoms with Gasteiger partial charge in [-0.3, -0.25) is 4.68 Å². The van der Waals surface area contributed by atoms with E-state index in [2.05, 4.69) is 38.5 Å². The summed E-state index contributed by atoms with van der Waals surface area (Å²) in [6, 6.07) is 17.6. The van der Waals surface area contributed by atoms with Crippen LogP contribution in [-0.2, 0) is 7.05 Å². The van der Waals surface area contributed by atoms with Crippen LogP contribution >= 0.6 is 15.9 Å². The van der Waals surface area contributed by atoms with Crippen molar-refractivity contribution in [1.29, 1.82) is 5.26 Å². The quantitative estimate of drug-likeness (QED) is 0.756. The van der Waals surface area contributed by atoms with E-state index >= 15 is 0 Å². The van der Waals surface area contributed by atoms with Crippen LogP contribution in [0.15, 0.2) is 59.2 Å². The molecule has 0 aliphatic carbocycles. The summed E-state index contributed by atoms with van der Waals surface area (Å²) in [5.74, 6) is 0. The summed E-state index contributed by atoms with van der Waals surface area (Å²) in [5.41, 5.74) is 4.68. The second-order valence-electron chi connectivity index (χ2n) is 4.86. The molecule has 1 heterocycles. The molecule has 108 valence electrons. The average Bonchev–Trinajstić information content (AvgIpc) is 2.87. The third-order valence-electron chi connectivity index (χ3n) is 3.33. The molecule has 2 aromatic carbocycles. The van der Waals surface area contributed by atoms with Gasteiger partial charge in [0, 0.05) is 24.0 Å². The molecule has 0 unspecified atom stereocenters. The summed E-state index contributed by atoms with van der Waals surface area (Å²) in [4.78, 5) is 0. The lowest BCUT2D eigenvalue weighted by Gasteiger charge is -2.09. The maximum absolute atomic E-state index is 8.83. The molecule has 0 bridgehead atoms. The fourth-order valence-corrected chi connectivity index (χ4v) is 2.85. The minimum absolute atomic E-state index is 0.651. The lowest BCUT2D eigenvalue weighted by Crippen LogP contribution is -1.95. The molecule has 0 spiro atoms. The average molecular weight is 353 g/mol. The van der Waals surface area contributed by atoms with Crippen LogP contribution in [0, 0.1) is 11.3 Å². The number of nitrogens with zero attached hydrogens (tertiary/aromatic N) is 3. The minimum Gasteiger partial charge on any atom is -0.356 e. The summed E-state index contributed by atoms with van der Waals surface area (Å²) < 4.78 is 2.80. The Bertz CT molecular complexity index is 824. The standard InChI is InChI=1S/C17H13BrN4/c1-22-17(16(18)11-20-22)13-3-2-4-15(9-13)21-14-7-5-12(10-19)6-8-14/h2-9,11,21H,1H3. The molecule has 0 amide bonds. The molecule has 0 fully saturated rings. The van der Waals surface area contributed by atoms with E-state index in [0.29, 0.717) is 5.56 Å². The highest BCUT2D eigenvalue weighted by molar-refractivity contribution is 9.10. The first-order chi connectivity index (χ1) is 10.7. The first-order valence-corrected chi connectivity index (χ1v) is 7.52. The van der Waals surface area contributed by atoms with Crippen LogP contribution in [0.3, 0.4) is 0 Å². The summed E-state index contributed by atoms with van der Waals surface area (Å²) >= 11 is 3.53. The molecular weight excluding hydrogens is 340 g/mol. The monoisotopic (exact) mass is 352 g/mol. The summed E-state index contributed by atoms with van der Waals surface area (Å²) in [5, 5.41) is 16.4. The molecule has 5 heteroatoms. The topological polar surface area (TPSA) is 53.6 Å². The number of aromatic nitrogens is 2. The van der Waals surface area contributed by atoms with Crippen molar-refractivity contribution in [3.63, 3.8) is 0 Å². The van der Waals surface area contributed by atoms with Crippen LogP contribution in [0.5, 0.6) is 0 Å². The van der Waals surface area contributed by atoms with Gasteiger partial charge in [-0.25, -0.2) is 0 Å². The maximum Gasteiger partial charge on any atom is 0.0991 e. The summed E-state index contributed by atoms with van der Waals surface area (Å²) in [6.07, 6.45) is 1.79. The van der Waals surface area contributed by atoms with E-state index in [-0.39, 0.29) is 0 Å². The van der Waals surface area contributed by atoms with E-state index in [1.54, 1.807) is 18.3 Å². The Morgan fingerprint density at radius 2 is 1.91 bits per heavy atom. The normalized spacial score (nSPS) is 10.2. The highest BCUT2D eigenvalue weighted by atomic mass is 79.9. The first-order valence-electron chi connectivity index (χ1n) is 6.72. The van der Waals surface area contributed by atoms with Gasteiger partial charge in [-0.15, -0.1) is 0 Å². The van der Waals surface area contributed by atoms with Crippen molar-refractivity contribution in [1.82, 2.24) is 9.78 Å². The third-order valence-corrected chi connectivity index (χ3v) is 3.91. The molecule has 22 heavy (non-hydrogen) atoms. The number of aryl methyl sites for hydroxylation is 1. The van der Waals surface area contributed by atoms with Crippen molar-refractivity contribution in [2.24, 2.45) is 7.05 Å². The van der Waals surface area contributed by atoms with Crippen molar-refractivity contribution in [3.05, 3.63) is 64.8 Å². The lowest BCUT2D eigenvalue weighted by atomic mass is 10.1. The molecule has 0 aliphatic rings. The van der Waals surface area contributed by atoms with Gasteiger partial charge >= 0.3 is 0 Å². The van der Waals surface area contributed by atoms with Crippen LogP contribution in [-0.4, -0.2) is 9.78 Å². The van der Waals surface area contributed by atoms with Gasteiger partial charge in [-0.05, 0) is 52.3 Å². The van der Waals surface area contributed by atoms with E-state index in [4.69, 9.17) is 5.26 Å². The van der Waals surface area contributed by atoms with Crippen LogP contribution in [0.2, 0.25) is 0 Å². The molecule has 0 atom stereocenters. The van der Waals surface area contributed by atoms with Gasteiger partial charge in [0.05, 0.1) is 28.0 Å². The molecular formula is C17H13BrN4. The van der Waals surface area contributed by atoms with E-state index in [1.807, 2.05) is 42.1 Å². The number of hydrogen-bond acceptors (Lipinski definition) is 3. The molecule has 3 aromatic rings. The van der Waals surface area contributed by atoms with Gasteiger partial charge in [0.15, 0.2) is 0 Å². The number of nitrogens with one attached hydrogen (secondary N) is 1. The third kappa shape index (κ3) is 2.87. The first kappa shape index (κ1) is 14.4. The van der Waals surface area contributed by atoms with Crippen LogP contribution in [0.25, 0.3) is 11.3 Å². The van der Waals surface area contributed by atoms with Gasteiger partial charge in [-0.2, -0.15) is 10.4 Å². The van der Waals surface area contributed by atoms with Crippen molar-refractivity contribution in [2.45, 2.75) is 0 Å². The highest BCUT2D eigenvalue weighted by Gasteiger charge is 2.09. The highest BCUT2D eigenvalue weighted by Crippen LogP contribution is 2.30. The second-order valence-corrected chi connectivity index (χ2v) is 5.71. The van der Waals surface area contributed by atoms with Gasteiger partial charge in [0.2, 0.25) is 0 Å². The Hall–Kier alpha value is -2.58.